The first-order valence-corrected chi connectivity index (χ1v) is 11.8. The maximum absolute atomic E-state index is 11.8. The van der Waals surface area contributed by atoms with Crippen LogP contribution in [0.4, 0.5) is 0 Å². The Morgan fingerprint density at radius 2 is 1.79 bits per heavy atom. The van der Waals surface area contributed by atoms with E-state index in [1.165, 1.54) is 27.0 Å². The van der Waals surface area contributed by atoms with Crippen LogP contribution in [0.2, 0.25) is 0 Å². The van der Waals surface area contributed by atoms with Crippen molar-refractivity contribution in [1.29, 1.82) is 5.26 Å². The normalized spacial score (nSPS) is 20.2. The van der Waals surface area contributed by atoms with Crippen LogP contribution in [0.25, 0.3) is 11.3 Å². The molecule has 4 unspecified atom stereocenters. The van der Waals surface area contributed by atoms with Crippen LogP contribution in [-0.2, 0) is 38.1 Å². The van der Waals surface area contributed by atoms with E-state index in [4.69, 9.17) is 45.5 Å². The molecule has 2 aromatic rings. The number of nitriles is 1. The van der Waals surface area contributed by atoms with Gasteiger partial charge < -0.3 is 33.0 Å². The summed E-state index contributed by atoms with van der Waals surface area (Å²) in [5.74, 6) is -2.10. The Bertz CT molecular complexity index is 1270. The molecule has 204 valence electrons. The highest BCUT2D eigenvalue weighted by Gasteiger charge is 2.44. The minimum atomic E-state index is -1.01. The molecule has 1 N–H and O–H groups in total. The fraction of sp³-hybridized carbons (Fsp3) is 0.440. The number of carboxylic acids is 1. The molecule has 0 spiro atoms. The Morgan fingerprint density at radius 1 is 1.16 bits per heavy atom. The number of carbonyl (C=O) groups excluding carboxylic acids is 3. The zero-order chi connectivity index (χ0) is 28.6. The van der Waals surface area contributed by atoms with Crippen LogP contribution in [0.3, 0.4) is 0 Å². The van der Waals surface area contributed by atoms with E-state index in [-0.39, 0.29) is 23.2 Å². The van der Waals surface area contributed by atoms with Gasteiger partial charge in [-0.2, -0.15) is 5.26 Å². The van der Waals surface area contributed by atoms with E-state index < -0.39 is 48.4 Å². The largest absolute Gasteiger partial charge is 0.481 e. The third-order valence-electron chi connectivity index (χ3n) is 5.19. The average molecular weight is 549 g/mol. The first-order chi connectivity index (χ1) is 17.8. The summed E-state index contributed by atoms with van der Waals surface area (Å²) in [6.07, 6.45) is -2.09. The van der Waals surface area contributed by atoms with Crippen LogP contribution >= 0.6 is 12.2 Å². The summed E-state index contributed by atoms with van der Waals surface area (Å²) < 4.78 is 29.4. The van der Waals surface area contributed by atoms with Gasteiger partial charge in [0.15, 0.2) is 6.10 Å². The average Bonchev–Trinajstić information content (AvgIpc) is 3.33. The molecule has 3 heterocycles. The molecule has 2 aromatic heterocycles. The van der Waals surface area contributed by atoms with Gasteiger partial charge in [0.05, 0.1) is 11.8 Å². The van der Waals surface area contributed by atoms with Crippen LogP contribution in [-0.4, -0.2) is 58.5 Å². The molecule has 3 rings (SSSR count). The smallest absolute Gasteiger partial charge is 0.303 e. The summed E-state index contributed by atoms with van der Waals surface area (Å²) in [5.41, 5.74) is 1.40. The summed E-state index contributed by atoms with van der Waals surface area (Å²) in [7, 11) is 0. The zero-order valence-corrected chi connectivity index (χ0v) is 22.3. The van der Waals surface area contributed by atoms with Gasteiger partial charge in [0.25, 0.3) is 5.97 Å². The van der Waals surface area contributed by atoms with Gasteiger partial charge in [0, 0.05) is 45.4 Å². The number of hydrogen-bond donors (Lipinski definition) is 1. The van der Waals surface area contributed by atoms with Gasteiger partial charge in [-0.25, -0.2) is 0 Å². The molecule has 1 saturated heterocycles. The number of carboxylic acid groups (broad SMARTS) is 1. The van der Waals surface area contributed by atoms with Crippen LogP contribution in [0.5, 0.6) is 0 Å². The first-order valence-electron chi connectivity index (χ1n) is 11.4. The highest BCUT2D eigenvalue weighted by atomic mass is 32.1. The third kappa shape index (κ3) is 7.99. The maximum Gasteiger partial charge on any atom is 0.303 e. The molecule has 0 aliphatic carbocycles. The third-order valence-corrected chi connectivity index (χ3v) is 5.59. The van der Waals surface area contributed by atoms with Crippen molar-refractivity contribution in [1.82, 2.24) is 4.57 Å². The molecule has 0 bridgehead atoms. The molecule has 12 nitrogen and oxygen atoms in total. The molecule has 1 aliphatic rings. The van der Waals surface area contributed by atoms with Gasteiger partial charge >= 0.3 is 17.9 Å². The van der Waals surface area contributed by atoms with Gasteiger partial charge in [-0.3, -0.25) is 19.2 Å². The predicted molar refractivity (Wildman–Crippen MR) is 132 cm³/mol. The minimum absolute atomic E-state index is 0.0776. The van der Waals surface area contributed by atoms with Crippen molar-refractivity contribution < 1.29 is 47.6 Å². The molecule has 38 heavy (non-hydrogen) atoms. The molecule has 0 aromatic carbocycles. The monoisotopic (exact) mass is 548 g/mol. The van der Waals surface area contributed by atoms with Gasteiger partial charge in [-0.15, -0.1) is 0 Å². The van der Waals surface area contributed by atoms with Crippen LogP contribution in [0.1, 0.15) is 51.6 Å². The molecule has 0 amide bonds. The molecule has 1 fully saturated rings. The molecule has 13 heteroatoms. The van der Waals surface area contributed by atoms with Crippen molar-refractivity contribution in [3.05, 3.63) is 40.4 Å². The Balaban J connectivity index is 0.00000118. The Labute approximate surface area is 223 Å². The number of carbonyl (C=O) groups is 4. The molecule has 0 radical (unpaired) electrons. The number of aliphatic carboxylic acids is 1. The maximum atomic E-state index is 11.8. The lowest BCUT2D eigenvalue weighted by Crippen LogP contribution is -2.52. The van der Waals surface area contributed by atoms with Gasteiger partial charge in [0.1, 0.15) is 41.5 Å². The van der Waals surface area contributed by atoms with Gasteiger partial charge in [-0.1, -0.05) is 12.2 Å². The van der Waals surface area contributed by atoms with Crippen LogP contribution < -0.4 is 0 Å². The van der Waals surface area contributed by atoms with Crippen molar-refractivity contribution in [2.75, 3.05) is 6.61 Å². The number of pyridine rings is 1. The SMILES string of the molecule is CC(=O)O.CC(=O)OCC1OC(n2c(C)cc(-c3ccco3)c(C#N)c2=S)CC(OC(C)=O)C1OC(C)=O. The van der Waals surface area contributed by atoms with Crippen LogP contribution in [0.15, 0.2) is 28.9 Å². The van der Waals surface area contributed by atoms with E-state index in [9.17, 15) is 19.6 Å². The van der Waals surface area contributed by atoms with E-state index >= 15 is 0 Å². The minimum Gasteiger partial charge on any atom is -0.481 e. The number of hydrogen-bond acceptors (Lipinski definition) is 11. The number of rotatable bonds is 6. The van der Waals surface area contributed by atoms with E-state index in [1.54, 1.807) is 29.7 Å². The summed E-state index contributed by atoms with van der Waals surface area (Å²) >= 11 is 5.63. The van der Waals surface area contributed by atoms with E-state index in [1.807, 2.05) is 0 Å². The Morgan fingerprint density at radius 3 is 2.29 bits per heavy atom. The second kappa shape index (κ2) is 13.5. The number of furan rings is 1. The lowest BCUT2D eigenvalue weighted by Gasteiger charge is -2.41. The van der Waals surface area contributed by atoms with E-state index in [0.717, 1.165) is 6.92 Å². The van der Waals surface area contributed by atoms with Gasteiger partial charge in [-0.05, 0) is 25.1 Å². The zero-order valence-electron chi connectivity index (χ0n) is 21.5. The summed E-state index contributed by atoms with van der Waals surface area (Å²) in [6, 6.07) is 7.30. The molecule has 4 atom stereocenters. The van der Waals surface area contributed by atoms with E-state index in [0.29, 0.717) is 17.0 Å². The fourth-order valence-corrected chi connectivity index (χ4v) is 4.33. The lowest BCUT2D eigenvalue weighted by molar-refractivity contribution is -0.227. The topological polar surface area (TPSA) is 167 Å². The van der Waals surface area contributed by atoms with Crippen molar-refractivity contribution in [2.24, 2.45) is 0 Å². The summed E-state index contributed by atoms with van der Waals surface area (Å²) in [5, 5.41) is 17.2. The number of ether oxygens (including phenoxy) is 4. The number of aryl methyl sites for hydroxylation is 1. The van der Waals surface area contributed by atoms with Crippen molar-refractivity contribution in [2.45, 2.75) is 65.6 Å². The number of nitrogens with zero attached hydrogens (tertiary/aromatic N) is 2. The highest BCUT2D eigenvalue weighted by molar-refractivity contribution is 7.71. The molecule has 1 aliphatic heterocycles. The summed E-state index contributed by atoms with van der Waals surface area (Å²) in [6.45, 7) is 6.31. The van der Waals surface area contributed by atoms with Gasteiger partial charge in [0.2, 0.25) is 0 Å². The highest BCUT2D eigenvalue weighted by Crippen LogP contribution is 2.35. The quantitative estimate of drug-likeness (QED) is 0.318. The van der Waals surface area contributed by atoms with E-state index in [2.05, 4.69) is 6.07 Å². The lowest BCUT2D eigenvalue weighted by atomic mass is 9.99. The van der Waals surface area contributed by atoms with Crippen molar-refractivity contribution >= 4 is 36.1 Å². The predicted octanol–water partition coefficient (Wildman–Crippen LogP) is 3.46. The Hall–Kier alpha value is -4.02. The van der Waals surface area contributed by atoms with Crippen LogP contribution in [0, 0.1) is 22.9 Å². The number of aromatic nitrogens is 1. The fourth-order valence-electron chi connectivity index (χ4n) is 3.92. The molecular formula is C25H28N2O10S. The standard InChI is InChI=1S/C23H24N2O8S.C2H4O2/c1-12-8-16(18-6-5-7-29-18)17(10-24)23(34)25(12)21-9-19(31-14(3)27)22(32-15(4)28)20(33-21)11-30-13(2)26;1-2(3)4/h5-8,19-22H,9,11H2,1-4H3;1H3,(H,3,4). The number of esters is 3. The summed E-state index contributed by atoms with van der Waals surface area (Å²) in [4.78, 5) is 44.0. The first kappa shape index (κ1) is 30.2. The second-order valence-electron chi connectivity index (χ2n) is 8.25. The molecular weight excluding hydrogens is 520 g/mol. The van der Waals surface area contributed by atoms with Crippen molar-refractivity contribution in [3.8, 4) is 17.4 Å². The second-order valence-corrected chi connectivity index (χ2v) is 8.63. The van der Waals surface area contributed by atoms with Crippen molar-refractivity contribution in [3.63, 3.8) is 0 Å². The Kier molecular flexibility index (Phi) is 10.7. The molecule has 0 saturated carbocycles.